The largest absolute Gasteiger partial charge is 0.370 e. The predicted molar refractivity (Wildman–Crippen MR) is 136 cm³/mol. The van der Waals surface area contributed by atoms with Crippen molar-refractivity contribution >= 4 is 47.2 Å². The van der Waals surface area contributed by atoms with Gasteiger partial charge in [-0.05, 0) is 48.4 Å². The number of halogens is 1. The Morgan fingerprint density at radius 2 is 2.10 bits per heavy atom. The molecule has 0 bridgehead atoms. The number of hydrogen-bond donors (Lipinski definition) is 1. The van der Waals surface area contributed by atoms with Gasteiger partial charge >= 0.3 is 0 Å². The van der Waals surface area contributed by atoms with Crippen molar-refractivity contribution in [2.24, 2.45) is 4.99 Å². The Kier molecular flexibility index (Phi) is 8.74. The number of guanidine groups is 1. The van der Waals surface area contributed by atoms with E-state index in [-0.39, 0.29) is 42.5 Å². The molecule has 2 aliphatic rings. The number of hydrogen-bond acceptors (Lipinski definition) is 4. The van der Waals surface area contributed by atoms with Gasteiger partial charge in [0.05, 0.1) is 13.2 Å². The van der Waals surface area contributed by atoms with E-state index in [0.717, 1.165) is 38.6 Å². The molecular weight excluding hydrogens is 523 g/mol. The van der Waals surface area contributed by atoms with Crippen molar-refractivity contribution in [1.82, 2.24) is 15.1 Å². The maximum Gasteiger partial charge on any atom is 0.244 e. The molecule has 0 radical (unpaired) electrons. The quantitative estimate of drug-likeness (QED) is 0.357. The zero-order chi connectivity index (χ0) is 20.9. The highest BCUT2D eigenvalue weighted by atomic mass is 127. The summed E-state index contributed by atoms with van der Waals surface area (Å²) in [5.41, 5.74) is 3.73. The van der Waals surface area contributed by atoms with Crippen molar-refractivity contribution in [2.75, 3.05) is 39.3 Å². The lowest BCUT2D eigenvalue weighted by Crippen LogP contribution is -2.48. The predicted octanol–water partition coefficient (Wildman–Crippen LogP) is 3.60. The SMILES string of the molecule is CCNC(=NCC(=O)N1CCc2sccc2C1)N1CCOC(c2ccccc2C)C1.I. The number of ether oxygens (including phenoxy) is 1. The molecule has 6 nitrogen and oxygen atoms in total. The first kappa shape index (κ1) is 24.0. The highest BCUT2D eigenvalue weighted by molar-refractivity contribution is 14.0. The van der Waals surface area contributed by atoms with Gasteiger partial charge in [-0.3, -0.25) is 4.79 Å². The Hall–Kier alpha value is -1.65. The molecular formula is C23H31IN4O2S. The highest BCUT2D eigenvalue weighted by Crippen LogP contribution is 2.25. The van der Waals surface area contributed by atoms with E-state index >= 15 is 0 Å². The van der Waals surface area contributed by atoms with Crippen molar-refractivity contribution in [3.8, 4) is 0 Å². The Morgan fingerprint density at radius 3 is 2.90 bits per heavy atom. The summed E-state index contributed by atoms with van der Waals surface area (Å²) in [5.74, 6) is 0.881. The third-order valence-electron chi connectivity index (χ3n) is 5.76. The monoisotopic (exact) mass is 554 g/mol. The molecule has 1 amide bonds. The highest BCUT2D eigenvalue weighted by Gasteiger charge is 2.26. The number of aliphatic imine (C=N–C) groups is 1. The lowest BCUT2D eigenvalue weighted by Gasteiger charge is -2.36. The van der Waals surface area contributed by atoms with Crippen LogP contribution in [0.5, 0.6) is 0 Å². The molecule has 0 aliphatic carbocycles. The second-order valence-corrected chi connectivity index (χ2v) is 8.77. The molecule has 3 heterocycles. The molecule has 0 saturated carbocycles. The summed E-state index contributed by atoms with van der Waals surface area (Å²) in [6, 6.07) is 10.5. The first-order chi connectivity index (χ1) is 14.7. The van der Waals surface area contributed by atoms with E-state index in [1.165, 1.54) is 21.6 Å². The third-order valence-corrected chi connectivity index (χ3v) is 6.78. The zero-order valence-electron chi connectivity index (χ0n) is 18.2. The first-order valence-corrected chi connectivity index (χ1v) is 11.6. The normalized spacial score (nSPS) is 18.9. The number of nitrogens with one attached hydrogen (secondary N) is 1. The Labute approximate surface area is 205 Å². The van der Waals surface area contributed by atoms with E-state index < -0.39 is 0 Å². The summed E-state index contributed by atoms with van der Waals surface area (Å²) >= 11 is 1.79. The Balaban J connectivity index is 0.00000272. The Bertz CT molecular complexity index is 916. The van der Waals surface area contributed by atoms with Crippen LogP contribution >= 0.6 is 35.3 Å². The number of carbonyl (C=O) groups is 1. The smallest absolute Gasteiger partial charge is 0.244 e. The number of rotatable bonds is 4. The van der Waals surface area contributed by atoms with Crippen molar-refractivity contribution < 1.29 is 9.53 Å². The molecule has 4 rings (SSSR count). The molecule has 1 atom stereocenters. The average molecular weight is 554 g/mol. The number of benzene rings is 1. The number of nitrogens with zero attached hydrogens (tertiary/aromatic N) is 3. The van der Waals surface area contributed by atoms with Gasteiger partial charge < -0.3 is 19.9 Å². The molecule has 1 saturated heterocycles. The van der Waals surface area contributed by atoms with Gasteiger partial charge in [0.15, 0.2) is 5.96 Å². The van der Waals surface area contributed by atoms with E-state index in [1.54, 1.807) is 11.3 Å². The number of aryl methyl sites for hydroxylation is 1. The first-order valence-electron chi connectivity index (χ1n) is 10.7. The number of amides is 1. The minimum atomic E-state index is 0. The molecule has 31 heavy (non-hydrogen) atoms. The minimum Gasteiger partial charge on any atom is -0.370 e. The number of carbonyl (C=O) groups excluding carboxylic acids is 1. The van der Waals surface area contributed by atoms with E-state index in [4.69, 9.17) is 9.73 Å². The fraction of sp³-hybridized carbons (Fsp3) is 0.478. The number of thiophene rings is 1. The van der Waals surface area contributed by atoms with Gasteiger partial charge in [-0.15, -0.1) is 35.3 Å². The van der Waals surface area contributed by atoms with E-state index in [1.807, 2.05) is 4.90 Å². The van der Waals surface area contributed by atoms with Gasteiger partial charge in [0, 0.05) is 31.1 Å². The summed E-state index contributed by atoms with van der Waals surface area (Å²) in [5, 5.41) is 5.47. The minimum absolute atomic E-state index is 0. The van der Waals surface area contributed by atoms with Crippen LogP contribution in [-0.4, -0.2) is 61.0 Å². The fourth-order valence-corrected chi connectivity index (χ4v) is 5.00. The second kappa shape index (κ2) is 11.3. The van der Waals surface area contributed by atoms with Gasteiger partial charge in [0.25, 0.3) is 0 Å². The summed E-state index contributed by atoms with van der Waals surface area (Å²) in [7, 11) is 0. The summed E-state index contributed by atoms with van der Waals surface area (Å²) < 4.78 is 6.05. The summed E-state index contributed by atoms with van der Waals surface area (Å²) in [6.07, 6.45) is 0.961. The third kappa shape index (κ3) is 5.78. The maximum absolute atomic E-state index is 12.8. The molecule has 168 valence electrons. The average Bonchev–Trinajstić information content (AvgIpc) is 3.25. The van der Waals surface area contributed by atoms with Crippen molar-refractivity contribution in [1.29, 1.82) is 0 Å². The van der Waals surface area contributed by atoms with Crippen LogP contribution in [0, 0.1) is 6.92 Å². The summed E-state index contributed by atoms with van der Waals surface area (Å²) in [6.45, 7) is 8.74. The van der Waals surface area contributed by atoms with Crippen LogP contribution in [0.3, 0.4) is 0 Å². The number of fused-ring (bicyclic) bond motifs is 1. The Morgan fingerprint density at radius 1 is 1.26 bits per heavy atom. The van der Waals surface area contributed by atoms with Crippen molar-refractivity contribution in [2.45, 2.75) is 32.9 Å². The van der Waals surface area contributed by atoms with Gasteiger partial charge in [0.1, 0.15) is 12.6 Å². The van der Waals surface area contributed by atoms with Gasteiger partial charge in [-0.1, -0.05) is 24.3 Å². The zero-order valence-corrected chi connectivity index (χ0v) is 21.3. The lowest BCUT2D eigenvalue weighted by molar-refractivity contribution is -0.130. The van der Waals surface area contributed by atoms with Crippen LogP contribution < -0.4 is 5.32 Å². The van der Waals surface area contributed by atoms with Crippen molar-refractivity contribution in [3.63, 3.8) is 0 Å². The van der Waals surface area contributed by atoms with Crippen LogP contribution in [0.15, 0.2) is 40.7 Å². The van der Waals surface area contributed by atoms with Crippen molar-refractivity contribution in [3.05, 3.63) is 57.3 Å². The molecule has 1 N–H and O–H groups in total. The standard InChI is InChI=1S/C23H30N4O2S.HI/c1-3-24-23(25-14-22(28)26-10-8-21-18(15-26)9-13-30-21)27-11-12-29-20(16-27)19-7-5-4-6-17(19)2;/h4-7,9,13,20H,3,8,10-12,14-16H2,1-2H3,(H,24,25);1H. The van der Waals surface area contributed by atoms with Crippen LogP contribution in [0.25, 0.3) is 0 Å². The van der Waals surface area contributed by atoms with Gasteiger partial charge in [-0.25, -0.2) is 4.99 Å². The second-order valence-electron chi connectivity index (χ2n) is 7.77. The molecule has 1 fully saturated rings. The van der Waals surface area contributed by atoms with Crippen LogP contribution in [-0.2, 0) is 22.5 Å². The molecule has 1 aromatic carbocycles. The van der Waals surface area contributed by atoms with Crippen LogP contribution in [0.2, 0.25) is 0 Å². The maximum atomic E-state index is 12.8. The van der Waals surface area contributed by atoms with E-state index in [9.17, 15) is 4.79 Å². The van der Waals surface area contributed by atoms with Crippen LogP contribution in [0.1, 0.15) is 34.6 Å². The molecule has 0 spiro atoms. The fourth-order valence-electron chi connectivity index (χ4n) is 4.11. The van der Waals surface area contributed by atoms with Crippen LogP contribution in [0.4, 0.5) is 0 Å². The lowest BCUT2D eigenvalue weighted by atomic mass is 10.0. The van der Waals surface area contributed by atoms with Gasteiger partial charge in [0.2, 0.25) is 5.91 Å². The summed E-state index contributed by atoms with van der Waals surface area (Å²) in [4.78, 5) is 23.0. The molecule has 8 heteroatoms. The van der Waals surface area contributed by atoms with Gasteiger partial charge in [-0.2, -0.15) is 0 Å². The molecule has 2 aliphatic heterocycles. The number of morpholine rings is 1. The topological polar surface area (TPSA) is 57.2 Å². The van der Waals surface area contributed by atoms with E-state index in [0.29, 0.717) is 13.2 Å². The molecule has 1 unspecified atom stereocenters. The molecule has 1 aromatic heterocycles. The molecule has 2 aromatic rings. The van der Waals surface area contributed by atoms with E-state index in [2.05, 4.69) is 59.8 Å².